The van der Waals surface area contributed by atoms with E-state index in [9.17, 15) is 4.79 Å². The van der Waals surface area contributed by atoms with Crippen LogP contribution in [0.1, 0.15) is 28.9 Å². The van der Waals surface area contributed by atoms with Crippen molar-refractivity contribution in [1.82, 2.24) is 15.1 Å². The number of benzene rings is 1. The smallest absolute Gasteiger partial charge is 0.175 e. The molecule has 0 aliphatic heterocycles. The van der Waals surface area contributed by atoms with Gasteiger partial charge < -0.3 is 15.2 Å². The SMILES string of the molecule is CC(=O)c1cccc(Nc2cc(Nc3cc(C)on3)nc(C)n2)c1. The number of nitrogens with zero attached hydrogens (tertiary/aromatic N) is 3. The highest BCUT2D eigenvalue weighted by atomic mass is 16.5. The summed E-state index contributed by atoms with van der Waals surface area (Å²) < 4.78 is 5.02. The Morgan fingerprint density at radius 3 is 2.42 bits per heavy atom. The number of rotatable bonds is 5. The Bertz CT molecular complexity index is 888. The monoisotopic (exact) mass is 323 g/mol. The number of nitrogens with one attached hydrogen (secondary N) is 2. The largest absolute Gasteiger partial charge is 0.360 e. The lowest BCUT2D eigenvalue weighted by Crippen LogP contribution is -2.02. The van der Waals surface area contributed by atoms with E-state index < -0.39 is 0 Å². The molecule has 7 nitrogen and oxygen atoms in total. The molecule has 2 heterocycles. The highest BCUT2D eigenvalue weighted by Crippen LogP contribution is 2.21. The zero-order chi connectivity index (χ0) is 17.1. The summed E-state index contributed by atoms with van der Waals surface area (Å²) in [5, 5.41) is 10.1. The van der Waals surface area contributed by atoms with Gasteiger partial charge in [-0.2, -0.15) is 0 Å². The van der Waals surface area contributed by atoms with Crippen molar-refractivity contribution < 1.29 is 9.32 Å². The van der Waals surface area contributed by atoms with Gasteiger partial charge in [-0.25, -0.2) is 9.97 Å². The standard InChI is InChI=1S/C17H17N5O2/c1-10-7-17(22-24-10)21-16-9-15(18-12(3)19-16)20-14-6-4-5-13(8-14)11(2)23/h4-9H,1-3H3,(H2,18,19,20,21,22). The van der Waals surface area contributed by atoms with Crippen molar-refractivity contribution in [2.75, 3.05) is 10.6 Å². The fraction of sp³-hybridized carbons (Fsp3) is 0.176. The van der Waals surface area contributed by atoms with Crippen LogP contribution in [0.4, 0.5) is 23.1 Å². The summed E-state index contributed by atoms with van der Waals surface area (Å²) in [6.45, 7) is 5.16. The lowest BCUT2D eigenvalue weighted by molar-refractivity contribution is 0.101. The van der Waals surface area contributed by atoms with Gasteiger partial charge in [0.25, 0.3) is 0 Å². The highest BCUT2D eigenvalue weighted by Gasteiger charge is 2.07. The van der Waals surface area contributed by atoms with E-state index in [4.69, 9.17) is 4.52 Å². The summed E-state index contributed by atoms with van der Waals surface area (Å²) in [5.74, 6) is 3.12. The molecule has 2 aromatic heterocycles. The van der Waals surface area contributed by atoms with Crippen LogP contribution in [0.5, 0.6) is 0 Å². The molecule has 0 saturated heterocycles. The Morgan fingerprint density at radius 1 is 1.00 bits per heavy atom. The first-order chi connectivity index (χ1) is 11.5. The number of carbonyl (C=O) groups excluding carboxylic acids is 1. The molecule has 0 aliphatic carbocycles. The minimum Gasteiger partial charge on any atom is -0.360 e. The van der Waals surface area contributed by atoms with E-state index in [1.54, 1.807) is 31.2 Å². The summed E-state index contributed by atoms with van der Waals surface area (Å²) in [6.07, 6.45) is 0. The first-order valence-electron chi connectivity index (χ1n) is 7.43. The van der Waals surface area contributed by atoms with E-state index in [-0.39, 0.29) is 5.78 Å². The molecule has 0 saturated carbocycles. The molecule has 7 heteroatoms. The first kappa shape index (κ1) is 15.7. The van der Waals surface area contributed by atoms with Crippen LogP contribution >= 0.6 is 0 Å². The average molecular weight is 323 g/mol. The van der Waals surface area contributed by atoms with Crippen LogP contribution in [0.15, 0.2) is 40.9 Å². The van der Waals surface area contributed by atoms with Crippen molar-refractivity contribution in [3.8, 4) is 0 Å². The third kappa shape index (κ3) is 3.75. The third-order valence-electron chi connectivity index (χ3n) is 3.26. The maximum Gasteiger partial charge on any atom is 0.175 e. The number of ketones is 1. The van der Waals surface area contributed by atoms with Crippen LogP contribution in [0.2, 0.25) is 0 Å². The molecule has 0 aliphatic rings. The molecule has 0 radical (unpaired) electrons. The van der Waals surface area contributed by atoms with E-state index in [0.29, 0.717) is 34.6 Å². The minimum atomic E-state index is 0.0151. The Labute approximate surface area is 139 Å². The molecule has 3 rings (SSSR count). The third-order valence-corrected chi connectivity index (χ3v) is 3.26. The van der Waals surface area contributed by atoms with Gasteiger partial charge in [0.15, 0.2) is 11.6 Å². The lowest BCUT2D eigenvalue weighted by Gasteiger charge is -2.09. The average Bonchev–Trinajstić information content (AvgIpc) is 2.92. The number of aromatic nitrogens is 3. The molecule has 0 unspecified atom stereocenters. The Balaban J connectivity index is 1.83. The van der Waals surface area contributed by atoms with Crippen LogP contribution in [0.25, 0.3) is 0 Å². The van der Waals surface area contributed by atoms with Gasteiger partial charge in [-0.15, -0.1) is 0 Å². The van der Waals surface area contributed by atoms with E-state index in [2.05, 4.69) is 25.8 Å². The van der Waals surface area contributed by atoms with E-state index in [1.165, 1.54) is 6.92 Å². The molecule has 24 heavy (non-hydrogen) atoms. The van der Waals surface area contributed by atoms with Crippen LogP contribution in [-0.4, -0.2) is 20.9 Å². The van der Waals surface area contributed by atoms with Crippen molar-refractivity contribution in [3.05, 3.63) is 53.5 Å². The van der Waals surface area contributed by atoms with Crippen LogP contribution in [-0.2, 0) is 0 Å². The number of Topliss-reactive ketones (excluding diaryl/α,β-unsaturated/α-hetero) is 1. The second-order valence-electron chi connectivity index (χ2n) is 5.40. The number of hydrogen-bond acceptors (Lipinski definition) is 7. The molecular weight excluding hydrogens is 306 g/mol. The Hall–Kier alpha value is -3.22. The number of carbonyl (C=O) groups is 1. The maximum absolute atomic E-state index is 11.5. The summed E-state index contributed by atoms with van der Waals surface area (Å²) >= 11 is 0. The summed E-state index contributed by atoms with van der Waals surface area (Å²) in [4.78, 5) is 20.2. The molecule has 3 aromatic rings. The summed E-state index contributed by atoms with van der Waals surface area (Å²) in [5.41, 5.74) is 1.42. The van der Waals surface area contributed by atoms with Gasteiger partial charge in [-0.05, 0) is 32.9 Å². The van der Waals surface area contributed by atoms with Gasteiger partial charge >= 0.3 is 0 Å². The summed E-state index contributed by atoms with van der Waals surface area (Å²) in [7, 11) is 0. The molecule has 1 aromatic carbocycles. The number of anilines is 4. The van der Waals surface area contributed by atoms with Gasteiger partial charge in [0.1, 0.15) is 23.2 Å². The van der Waals surface area contributed by atoms with Crippen molar-refractivity contribution in [2.24, 2.45) is 0 Å². The van der Waals surface area contributed by atoms with Crippen LogP contribution in [0.3, 0.4) is 0 Å². The predicted octanol–water partition coefficient (Wildman–Crippen LogP) is 3.77. The van der Waals surface area contributed by atoms with Crippen molar-refractivity contribution >= 4 is 28.9 Å². The molecule has 0 bridgehead atoms. The van der Waals surface area contributed by atoms with Gasteiger partial charge in [-0.1, -0.05) is 17.3 Å². The number of aryl methyl sites for hydroxylation is 2. The van der Waals surface area contributed by atoms with Gasteiger partial charge in [0.05, 0.1) is 0 Å². The molecule has 0 spiro atoms. The van der Waals surface area contributed by atoms with Gasteiger partial charge in [-0.3, -0.25) is 4.79 Å². The molecule has 2 N–H and O–H groups in total. The zero-order valence-corrected chi connectivity index (χ0v) is 13.6. The summed E-state index contributed by atoms with van der Waals surface area (Å²) in [6, 6.07) is 10.8. The van der Waals surface area contributed by atoms with E-state index >= 15 is 0 Å². The fourth-order valence-corrected chi connectivity index (χ4v) is 2.22. The molecule has 0 atom stereocenters. The molecular formula is C17H17N5O2. The minimum absolute atomic E-state index is 0.0151. The molecule has 0 fully saturated rings. The van der Waals surface area contributed by atoms with Crippen molar-refractivity contribution in [3.63, 3.8) is 0 Å². The number of hydrogen-bond donors (Lipinski definition) is 2. The Kier molecular flexibility index (Phi) is 4.24. The topological polar surface area (TPSA) is 92.9 Å². The van der Waals surface area contributed by atoms with Crippen LogP contribution in [0, 0.1) is 13.8 Å². The van der Waals surface area contributed by atoms with Crippen molar-refractivity contribution in [2.45, 2.75) is 20.8 Å². The maximum atomic E-state index is 11.5. The zero-order valence-electron chi connectivity index (χ0n) is 13.6. The quantitative estimate of drug-likeness (QED) is 0.690. The Morgan fingerprint density at radius 2 is 1.75 bits per heavy atom. The second-order valence-corrected chi connectivity index (χ2v) is 5.40. The van der Waals surface area contributed by atoms with E-state index in [1.807, 2.05) is 19.1 Å². The highest BCUT2D eigenvalue weighted by molar-refractivity contribution is 5.95. The molecule has 0 amide bonds. The lowest BCUT2D eigenvalue weighted by atomic mass is 10.1. The van der Waals surface area contributed by atoms with Crippen molar-refractivity contribution in [1.29, 1.82) is 0 Å². The van der Waals surface area contributed by atoms with E-state index in [0.717, 1.165) is 5.69 Å². The van der Waals surface area contributed by atoms with Gasteiger partial charge in [0, 0.05) is 23.4 Å². The second kappa shape index (κ2) is 6.49. The van der Waals surface area contributed by atoms with Gasteiger partial charge in [0.2, 0.25) is 0 Å². The predicted molar refractivity (Wildman–Crippen MR) is 91.0 cm³/mol. The fourth-order valence-electron chi connectivity index (χ4n) is 2.22. The van der Waals surface area contributed by atoms with Crippen LogP contribution < -0.4 is 10.6 Å². The molecule has 122 valence electrons. The normalized spacial score (nSPS) is 10.5. The first-order valence-corrected chi connectivity index (χ1v) is 7.43.